The van der Waals surface area contributed by atoms with Crippen molar-refractivity contribution < 1.29 is 22.3 Å². The Labute approximate surface area is 129 Å². The maximum atomic E-state index is 13.6. The molecular weight excluding hydrogens is 372 g/mol. The molecule has 22 heavy (non-hydrogen) atoms. The van der Waals surface area contributed by atoms with Crippen molar-refractivity contribution in [2.75, 3.05) is 5.32 Å². The quantitative estimate of drug-likeness (QED) is 0.642. The van der Waals surface area contributed by atoms with Crippen LogP contribution >= 0.6 is 15.9 Å². The molecule has 0 aliphatic rings. The first-order chi connectivity index (χ1) is 10.2. The monoisotopic (exact) mass is 374 g/mol. The van der Waals surface area contributed by atoms with Crippen LogP contribution in [0.4, 0.5) is 23.2 Å². The Morgan fingerprint density at radius 1 is 1.14 bits per heavy atom. The molecule has 10 heteroatoms. The standard InChI is InChI=1S/C12H3BrF4N4O/c13-7-1-8(14)11(22-12(15,16)17)9(2-7)21-10(5-20)6(3-18)4-19/h1-2,21H. The second kappa shape index (κ2) is 6.79. The highest BCUT2D eigenvalue weighted by Gasteiger charge is 2.34. The maximum Gasteiger partial charge on any atom is 0.573 e. The van der Waals surface area contributed by atoms with Gasteiger partial charge in [0.15, 0.2) is 17.1 Å². The molecule has 0 unspecified atom stereocenters. The van der Waals surface area contributed by atoms with Crippen molar-refractivity contribution in [3.8, 4) is 24.0 Å². The molecular formula is C12H3BrF4N4O. The van der Waals surface area contributed by atoms with Crippen molar-refractivity contribution in [1.82, 2.24) is 0 Å². The molecule has 0 heterocycles. The van der Waals surface area contributed by atoms with Crippen LogP contribution in [0.25, 0.3) is 0 Å². The highest BCUT2D eigenvalue weighted by atomic mass is 79.9. The van der Waals surface area contributed by atoms with Crippen LogP contribution in [0.5, 0.6) is 5.75 Å². The van der Waals surface area contributed by atoms with Gasteiger partial charge in [-0.05, 0) is 12.1 Å². The first-order valence-electron chi connectivity index (χ1n) is 5.18. The smallest absolute Gasteiger partial charge is 0.400 e. The number of nitriles is 3. The summed E-state index contributed by atoms with van der Waals surface area (Å²) in [6.45, 7) is 0. The fourth-order valence-electron chi connectivity index (χ4n) is 1.29. The fourth-order valence-corrected chi connectivity index (χ4v) is 1.72. The number of hydrogen-bond donors (Lipinski definition) is 1. The summed E-state index contributed by atoms with van der Waals surface area (Å²) in [6.07, 6.45) is -5.17. The molecule has 0 spiro atoms. The van der Waals surface area contributed by atoms with E-state index in [4.69, 9.17) is 15.8 Å². The molecule has 1 aromatic rings. The van der Waals surface area contributed by atoms with Gasteiger partial charge in [0.1, 0.15) is 23.9 Å². The van der Waals surface area contributed by atoms with Crippen LogP contribution in [-0.2, 0) is 0 Å². The predicted octanol–water partition coefficient (Wildman–Crippen LogP) is 3.72. The van der Waals surface area contributed by atoms with E-state index in [1.807, 2.05) is 0 Å². The van der Waals surface area contributed by atoms with Gasteiger partial charge in [-0.1, -0.05) is 15.9 Å². The van der Waals surface area contributed by atoms with Gasteiger partial charge in [-0.15, -0.1) is 13.2 Å². The Bertz CT molecular complexity index is 737. The molecule has 1 rings (SSSR count). The van der Waals surface area contributed by atoms with Crippen molar-refractivity contribution in [3.63, 3.8) is 0 Å². The Balaban J connectivity index is 3.43. The molecule has 112 valence electrons. The van der Waals surface area contributed by atoms with E-state index in [9.17, 15) is 17.6 Å². The van der Waals surface area contributed by atoms with E-state index in [0.29, 0.717) is 0 Å². The third-order valence-electron chi connectivity index (χ3n) is 2.07. The number of hydrogen-bond acceptors (Lipinski definition) is 5. The Hall–Kier alpha value is -2.77. The van der Waals surface area contributed by atoms with Crippen LogP contribution in [0, 0.1) is 39.8 Å². The van der Waals surface area contributed by atoms with E-state index in [1.165, 1.54) is 18.2 Å². The first kappa shape index (κ1) is 17.3. The summed E-state index contributed by atoms with van der Waals surface area (Å²) in [5, 5.41) is 28.2. The molecule has 0 aliphatic heterocycles. The Morgan fingerprint density at radius 3 is 2.18 bits per heavy atom. The van der Waals surface area contributed by atoms with Crippen molar-refractivity contribution in [2.24, 2.45) is 0 Å². The molecule has 0 atom stereocenters. The van der Waals surface area contributed by atoms with Gasteiger partial charge in [0.2, 0.25) is 0 Å². The zero-order valence-corrected chi connectivity index (χ0v) is 11.9. The normalized spacial score (nSPS) is 9.91. The molecule has 0 saturated heterocycles. The maximum absolute atomic E-state index is 13.6. The minimum atomic E-state index is -5.17. The first-order valence-corrected chi connectivity index (χ1v) is 5.97. The highest BCUT2D eigenvalue weighted by Crippen LogP contribution is 2.36. The van der Waals surface area contributed by atoms with Gasteiger partial charge in [0, 0.05) is 4.47 Å². The van der Waals surface area contributed by atoms with Crippen LogP contribution in [-0.4, -0.2) is 6.36 Å². The molecule has 0 fully saturated rings. The van der Waals surface area contributed by atoms with Crippen LogP contribution in [0.1, 0.15) is 0 Å². The lowest BCUT2D eigenvalue weighted by Gasteiger charge is -2.15. The minimum absolute atomic E-state index is 0.0507. The summed E-state index contributed by atoms with van der Waals surface area (Å²) in [6, 6.07) is 5.91. The third kappa shape index (κ3) is 4.37. The topological polar surface area (TPSA) is 92.6 Å². The summed E-state index contributed by atoms with van der Waals surface area (Å²) in [5.74, 6) is -2.58. The van der Waals surface area contributed by atoms with E-state index < -0.39 is 34.9 Å². The second-order valence-corrected chi connectivity index (χ2v) is 4.44. The molecule has 0 saturated carbocycles. The lowest BCUT2D eigenvalue weighted by Crippen LogP contribution is -2.19. The number of alkyl halides is 3. The van der Waals surface area contributed by atoms with Crippen molar-refractivity contribution in [1.29, 1.82) is 15.8 Å². The van der Waals surface area contributed by atoms with Gasteiger partial charge in [-0.25, -0.2) is 4.39 Å². The number of nitrogens with zero attached hydrogens (tertiary/aromatic N) is 3. The average Bonchev–Trinajstić information content (AvgIpc) is 2.41. The second-order valence-electron chi connectivity index (χ2n) is 3.52. The van der Waals surface area contributed by atoms with Crippen molar-refractivity contribution >= 4 is 21.6 Å². The van der Waals surface area contributed by atoms with E-state index in [1.54, 1.807) is 0 Å². The minimum Gasteiger partial charge on any atom is -0.400 e. The fraction of sp³-hybridized carbons (Fsp3) is 0.0833. The number of rotatable bonds is 3. The van der Waals surface area contributed by atoms with Crippen LogP contribution in [0.2, 0.25) is 0 Å². The Kier molecular flexibility index (Phi) is 5.33. The van der Waals surface area contributed by atoms with Crippen molar-refractivity contribution in [2.45, 2.75) is 6.36 Å². The van der Waals surface area contributed by atoms with Crippen LogP contribution in [0.15, 0.2) is 27.9 Å². The molecule has 5 nitrogen and oxygen atoms in total. The van der Waals surface area contributed by atoms with Gasteiger partial charge in [-0.3, -0.25) is 0 Å². The number of benzene rings is 1. The molecule has 0 aliphatic carbocycles. The summed E-state index contributed by atoms with van der Waals surface area (Å²) in [7, 11) is 0. The Morgan fingerprint density at radius 2 is 1.73 bits per heavy atom. The van der Waals surface area contributed by atoms with Crippen molar-refractivity contribution in [3.05, 3.63) is 33.7 Å². The number of allylic oxidation sites excluding steroid dienone is 2. The summed E-state index contributed by atoms with van der Waals surface area (Å²) in [4.78, 5) is 0. The van der Waals surface area contributed by atoms with Crippen LogP contribution in [0.3, 0.4) is 0 Å². The highest BCUT2D eigenvalue weighted by molar-refractivity contribution is 9.10. The third-order valence-corrected chi connectivity index (χ3v) is 2.53. The van der Waals surface area contributed by atoms with Gasteiger partial charge in [0.05, 0.1) is 5.69 Å². The van der Waals surface area contributed by atoms with Gasteiger partial charge in [-0.2, -0.15) is 15.8 Å². The summed E-state index contributed by atoms with van der Waals surface area (Å²) < 4.78 is 54.1. The molecule has 1 N–H and O–H groups in total. The molecule has 0 radical (unpaired) electrons. The zero-order valence-electron chi connectivity index (χ0n) is 10.3. The van der Waals surface area contributed by atoms with Gasteiger partial charge >= 0.3 is 6.36 Å². The molecule has 0 aromatic heterocycles. The average molecular weight is 375 g/mol. The van der Waals surface area contributed by atoms with Gasteiger partial charge in [0.25, 0.3) is 0 Å². The van der Waals surface area contributed by atoms with E-state index in [0.717, 1.165) is 12.1 Å². The lowest BCUT2D eigenvalue weighted by molar-refractivity contribution is -0.275. The SMILES string of the molecule is N#CC(C#N)=C(C#N)Nc1cc(Br)cc(F)c1OC(F)(F)F. The van der Waals surface area contributed by atoms with E-state index in [-0.39, 0.29) is 4.47 Å². The predicted molar refractivity (Wildman–Crippen MR) is 68.3 cm³/mol. The lowest BCUT2D eigenvalue weighted by atomic mass is 10.2. The summed E-state index contributed by atoms with van der Waals surface area (Å²) in [5.41, 5.74) is -1.90. The number of nitrogens with one attached hydrogen (secondary N) is 1. The zero-order chi connectivity index (χ0) is 16.9. The van der Waals surface area contributed by atoms with E-state index >= 15 is 0 Å². The molecule has 1 aromatic carbocycles. The van der Waals surface area contributed by atoms with E-state index in [2.05, 4.69) is 26.0 Å². The van der Waals surface area contributed by atoms with Gasteiger partial charge < -0.3 is 10.1 Å². The summed E-state index contributed by atoms with van der Waals surface area (Å²) >= 11 is 2.86. The largest absolute Gasteiger partial charge is 0.573 e. The number of anilines is 1. The number of halogens is 5. The van der Waals surface area contributed by atoms with Crippen LogP contribution < -0.4 is 10.1 Å². The number of ether oxygens (including phenoxy) is 1. The molecule has 0 amide bonds. The molecule has 0 bridgehead atoms.